The summed E-state index contributed by atoms with van der Waals surface area (Å²) in [7, 11) is 0. The van der Waals surface area contributed by atoms with Crippen molar-refractivity contribution in [3.63, 3.8) is 0 Å². The Hall–Kier alpha value is -2.23. The lowest BCUT2D eigenvalue weighted by atomic mass is 10.2. The fourth-order valence-electron chi connectivity index (χ4n) is 3.34. The van der Waals surface area contributed by atoms with E-state index in [9.17, 15) is 4.79 Å². The molecule has 2 aliphatic rings. The van der Waals surface area contributed by atoms with Crippen molar-refractivity contribution < 1.29 is 28.5 Å². The van der Waals surface area contributed by atoms with Crippen LogP contribution < -0.4 is 18.9 Å². The fraction of sp³-hybridized carbons (Fsp3) is 0.381. The highest BCUT2D eigenvalue weighted by atomic mass is 32.1. The lowest BCUT2D eigenvalue weighted by Crippen LogP contribution is -2.15. The van der Waals surface area contributed by atoms with Gasteiger partial charge in [0.15, 0.2) is 23.0 Å². The summed E-state index contributed by atoms with van der Waals surface area (Å²) in [5.41, 5.74) is 0. The molecule has 2 aliphatic heterocycles. The number of rotatable bonds is 5. The van der Waals surface area contributed by atoms with E-state index in [1.165, 1.54) is 11.3 Å². The van der Waals surface area contributed by atoms with Gasteiger partial charge in [-0.2, -0.15) is 0 Å². The summed E-state index contributed by atoms with van der Waals surface area (Å²) in [5.74, 6) is 2.78. The number of aryl methyl sites for hydroxylation is 1. The van der Waals surface area contributed by atoms with Gasteiger partial charge >= 0.3 is 5.97 Å². The molecular weight excluding hydrogens is 444 g/mol. The van der Waals surface area contributed by atoms with Crippen molar-refractivity contribution in [3.8, 4) is 42.5 Å². The molecule has 0 saturated heterocycles. The van der Waals surface area contributed by atoms with Gasteiger partial charge < -0.3 is 23.7 Å². The molecule has 0 unspecified atom stereocenters. The minimum atomic E-state index is -0.288. The van der Waals surface area contributed by atoms with Crippen molar-refractivity contribution in [3.05, 3.63) is 21.9 Å². The van der Waals surface area contributed by atoms with Crippen molar-refractivity contribution in [2.75, 3.05) is 33.0 Å². The van der Waals surface area contributed by atoms with Gasteiger partial charge in [0.25, 0.3) is 0 Å². The predicted molar refractivity (Wildman–Crippen MR) is 118 cm³/mol. The maximum atomic E-state index is 12.2. The largest absolute Gasteiger partial charge is 0.485 e. The molecule has 30 heavy (non-hydrogen) atoms. The third kappa shape index (κ3) is 3.34. The van der Waals surface area contributed by atoms with Crippen LogP contribution in [0.1, 0.15) is 27.9 Å². The number of fused-ring (bicyclic) bond motifs is 2. The first-order valence-electron chi connectivity index (χ1n) is 9.76. The Morgan fingerprint density at radius 1 is 0.867 bits per heavy atom. The van der Waals surface area contributed by atoms with E-state index in [0.717, 1.165) is 53.8 Å². The maximum absolute atomic E-state index is 12.2. The smallest absolute Gasteiger partial charge is 0.348 e. The molecule has 0 fully saturated rings. The number of carbonyl (C=O) groups is 1. The number of ether oxygens (including phenoxy) is 5. The van der Waals surface area contributed by atoms with E-state index >= 15 is 0 Å². The summed E-state index contributed by atoms with van der Waals surface area (Å²) in [6, 6.07) is 3.75. The van der Waals surface area contributed by atoms with Gasteiger partial charge in [-0.1, -0.05) is 6.92 Å². The van der Waals surface area contributed by atoms with E-state index < -0.39 is 0 Å². The molecule has 5 rings (SSSR count). The molecule has 5 heterocycles. The van der Waals surface area contributed by atoms with Gasteiger partial charge in [0, 0.05) is 9.75 Å². The second kappa shape index (κ2) is 8.13. The van der Waals surface area contributed by atoms with E-state index in [1.807, 2.05) is 26.0 Å². The Bertz CT molecular complexity index is 1090. The summed E-state index contributed by atoms with van der Waals surface area (Å²) in [6.07, 6.45) is 0.799. The molecule has 3 aromatic heterocycles. The molecular formula is C21H20O6S3. The first-order chi connectivity index (χ1) is 14.7. The molecule has 0 atom stereocenters. The predicted octanol–water partition coefficient (Wildman–Crippen LogP) is 5.62. The van der Waals surface area contributed by atoms with Crippen LogP contribution in [0.15, 0.2) is 12.1 Å². The lowest BCUT2D eigenvalue weighted by Gasteiger charge is -2.18. The van der Waals surface area contributed by atoms with Gasteiger partial charge in [-0.3, -0.25) is 0 Å². The van der Waals surface area contributed by atoms with Crippen molar-refractivity contribution >= 4 is 40.0 Å². The van der Waals surface area contributed by atoms with Crippen molar-refractivity contribution in [2.45, 2.75) is 20.3 Å². The summed E-state index contributed by atoms with van der Waals surface area (Å²) in [6.45, 7) is 6.52. The maximum Gasteiger partial charge on any atom is 0.348 e. The third-order valence-corrected chi connectivity index (χ3v) is 8.27. The number of carbonyl (C=O) groups excluding carboxylic acids is 1. The molecule has 0 aliphatic carbocycles. The Morgan fingerprint density at radius 2 is 1.47 bits per heavy atom. The van der Waals surface area contributed by atoms with Crippen LogP contribution in [0.2, 0.25) is 0 Å². The molecule has 6 nitrogen and oxygen atoms in total. The zero-order valence-electron chi connectivity index (χ0n) is 16.6. The number of thiophene rings is 3. The molecule has 0 aromatic carbocycles. The number of hydrogen-bond donors (Lipinski definition) is 0. The van der Waals surface area contributed by atoms with E-state index in [-0.39, 0.29) is 5.97 Å². The van der Waals surface area contributed by atoms with Crippen LogP contribution in [0.4, 0.5) is 0 Å². The summed E-state index contributed by atoms with van der Waals surface area (Å²) >= 11 is 4.64. The van der Waals surface area contributed by atoms with Crippen LogP contribution in [0.5, 0.6) is 23.0 Å². The van der Waals surface area contributed by atoms with Gasteiger partial charge in [-0.15, -0.1) is 34.0 Å². The summed E-state index contributed by atoms with van der Waals surface area (Å²) in [5, 5.41) is 0. The topological polar surface area (TPSA) is 63.2 Å². The molecule has 0 saturated carbocycles. The van der Waals surface area contributed by atoms with Gasteiger partial charge in [0.1, 0.15) is 31.3 Å². The first kappa shape index (κ1) is 19.7. The van der Waals surface area contributed by atoms with E-state index in [4.69, 9.17) is 23.7 Å². The quantitative estimate of drug-likeness (QED) is 0.457. The Balaban J connectivity index is 1.57. The van der Waals surface area contributed by atoms with Gasteiger partial charge in [0.2, 0.25) is 0 Å². The highest BCUT2D eigenvalue weighted by Gasteiger charge is 2.32. The van der Waals surface area contributed by atoms with Gasteiger partial charge in [0.05, 0.1) is 21.2 Å². The van der Waals surface area contributed by atoms with E-state index in [2.05, 4.69) is 0 Å². The first-order valence-corrected chi connectivity index (χ1v) is 12.2. The molecule has 9 heteroatoms. The summed E-state index contributed by atoms with van der Waals surface area (Å²) in [4.78, 5) is 17.8. The minimum Gasteiger partial charge on any atom is -0.485 e. The van der Waals surface area contributed by atoms with Crippen LogP contribution in [0.25, 0.3) is 19.5 Å². The molecule has 0 bridgehead atoms. The fourth-order valence-corrected chi connectivity index (χ4v) is 6.71. The molecule has 0 amide bonds. The Kier molecular flexibility index (Phi) is 5.34. The summed E-state index contributed by atoms with van der Waals surface area (Å²) < 4.78 is 29.1. The molecule has 0 spiro atoms. The average Bonchev–Trinajstić information content (AvgIpc) is 3.48. The van der Waals surface area contributed by atoms with Crippen LogP contribution in [-0.4, -0.2) is 39.0 Å². The van der Waals surface area contributed by atoms with E-state index in [1.54, 1.807) is 22.7 Å². The van der Waals surface area contributed by atoms with Crippen LogP contribution in [0, 0.1) is 6.92 Å². The third-order valence-electron chi connectivity index (χ3n) is 4.64. The zero-order valence-corrected chi connectivity index (χ0v) is 19.0. The second-order valence-electron chi connectivity index (χ2n) is 6.76. The second-order valence-corrected chi connectivity index (χ2v) is 10.1. The average molecular weight is 465 g/mol. The zero-order chi connectivity index (χ0) is 20.7. The van der Waals surface area contributed by atoms with Gasteiger partial charge in [-0.05, 0) is 25.5 Å². The lowest BCUT2D eigenvalue weighted by molar-refractivity contribution is 0.0511. The molecule has 3 aromatic rings. The van der Waals surface area contributed by atoms with Crippen molar-refractivity contribution in [2.24, 2.45) is 0 Å². The SMILES string of the molecule is CCCOC(=O)c1ccc(-c2sc(-c3sc(C)c4c3OCCO4)c3c2OCCO3)s1. The van der Waals surface area contributed by atoms with Crippen LogP contribution in [0.3, 0.4) is 0 Å². The molecule has 0 N–H and O–H groups in total. The number of hydrogen-bond acceptors (Lipinski definition) is 9. The molecule has 0 radical (unpaired) electrons. The highest BCUT2D eigenvalue weighted by molar-refractivity contribution is 7.27. The Morgan fingerprint density at radius 3 is 2.17 bits per heavy atom. The highest BCUT2D eigenvalue weighted by Crippen LogP contribution is 2.59. The van der Waals surface area contributed by atoms with Crippen LogP contribution >= 0.6 is 34.0 Å². The van der Waals surface area contributed by atoms with Crippen LogP contribution in [-0.2, 0) is 4.74 Å². The van der Waals surface area contributed by atoms with Gasteiger partial charge in [-0.25, -0.2) is 4.79 Å². The van der Waals surface area contributed by atoms with E-state index in [0.29, 0.717) is 37.9 Å². The minimum absolute atomic E-state index is 0.288. The number of esters is 1. The Labute approximate surface area is 185 Å². The van der Waals surface area contributed by atoms with Crippen molar-refractivity contribution in [1.82, 2.24) is 0 Å². The molecule has 158 valence electrons. The monoisotopic (exact) mass is 464 g/mol. The van der Waals surface area contributed by atoms with Crippen molar-refractivity contribution in [1.29, 1.82) is 0 Å². The normalized spacial score (nSPS) is 14.6. The standard InChI is InChI=1S/C21H20O6S3/c1-3-6-27-21(22)13-5-4-12(29-13)18-16-17(26-10-9-25-16)20(30-18)19-15-14(11(2)28-19)23-7-8-24-15/h4-5H,3,6-10H2,1-2H3.